The Labute approximate surface area is 133 Å². The molecular formula is C15H18N4O2S. The van der Waals surface area contributed by atoms with Gasteiger partial charge in [-0.1, -0.05) is 0 Å². The van der Waals surface area contributed by atoms with Crippen LogP contribution >= 0.6 is 11.5 Å². The lowest BCUT2D eigenvalue weighted by atomic mass is 10.2. The molecule has 0 radical (unpaired) electrons. The summed E-state index contributed by atoms with van der Waals surface area (Å²) in [4.78, 5) is 20.9. The zero-order valence-corrected chi connectivity index (χ0v) is 13.5. The number of pyridine rings is 1. The summed E-state index contributed by atoms with van der Waals surface area (Å²) in [5.74, 6) is 1.76. The standard InChI is InChI=1S/C15H18N4O2S/c1-11-13(10-22-17-11)15(20)19-7-5-18(6-8-19)14-9-12(21-2)3-4-16-14/h3-4,9-10H,5-8H2,1-2H3. The van der Waals surface area contributed by atoms with E-state index in [-0.39, 0.29) is 5.91 Å². The molecule has 0 unspecified atom stereocenters. The van der Waals surface area contributed by atoms with E-state index in [1.165, 1.54) is 11.5 Å². The molecule has 2 aromatic heterocycles. The molecule has 0 atom stereocenters. The van der Waals surface area contributed by atoms with Gasteiger partial charge in [-0.2, -0.15) is 4.37 Å². The predicted molar refractivity (Wildman–Crippen MR) is 85.8 cm³/mol. The molecule has 3 heterocycles. The molecular weight excluding hydrogens is 300 g/mol. The molecule has 22 heavy (non-hydrogen) atoms. The third kappa shape index (κ3) is 2.89. The first-order chi connectivity index (χ1) is 10.7. The fraction of sp³-hybridized carbons (Fsp3) is 0.400. The van der Waals surface area contributed by atoms with Gasteiger partial charge in [0.15, 0.2) is 0 Å². The molecule has 2 aromatic rings. The Morgan fingerprint density at radius 1 is 1.32 bits per heavy atom. The van der Waals surface area contributed by atoms with Crippen LogP contribution in [0.5, 0.6) is 5.75 Å². The summed E-state index contributed by atoms with van der Waals surface area (Å²) in [5.41, 5.74) is 1.53. The second kappa shape index (κ2) is 6.31. The van der Waals surface area contributed by atoms with Crippen LogP contribution in [0.25, 0.3) is 0 Å². The third-order valence-corrected chi connectivity index (χ3v) is 4.54. The van der Waals surface area contributed by atoms with Crippen LogP contribution in [-0.4, -0.2) is 53.5 Å². The van der Waals surface area contributed by atoms with Gasteiger partial charge >= 0.3 is 0 Å². The van der Waals surface area contributed by atoms with Crippen LogP contribution in [0.3, 0.4) is 0 Å². The molecule has 1 saturated heterocycles. The van der Waals surface area contributed by atoms with Crippen LogP contribution in [0.2, 0.25) is 0 Å². The Kier molecular flexibility index (Phi) is 4.24. The van der Waals surface area contributed by atoms with Crippen molar-refractivity contribution in [1.82, 2.24) is 14.3 Å². The average Bonchev–Trinajstić information content (AvgIpc) is 3.00. The topological polar surface area (TPSA) is 58.6 Å². The van der Waals surface area contributed by atoms with Crippen molar-refractivity contribution in [1.29, 1.82) is 0 Å². The summed E-state index contributed by atoms with van der Waals surface area (Å²) in [7, 11) is 1.65. The van der Waals surface area contributed by atoms with E-state index in [4.69, 9.17) is 4.74 Å². The lowest BCUT2D eigenvalue weighted by Crippen LogP contribution is -2.49. The Morgan fingerprint density at radius 3 is 2.73 bits per heavy atom. The second-order valence-electron chi connectivity index (χ2n) is 5.15. The van der Waals surface area contributed by atoms with Crippen molar-refractivity contribution in [3.8, 4) is 5.75 Å². The molecule has 0 N–H and O–H groups in total. The average molecular weight is 318 g/mol. The summed E-state index contributed by atoms with van der Waals surface area (Å²) in [6.07, 6.45) is 1.74. The number of nitrogens with zero attached hydrogens (tertiary/aromatic N) is 4. The highest BCUT2D eigenvalue weighted by molar-refractivity contribution is 7.03. The zero-order chi connectivity index (χ0) is 15.5. The van der Waals surface area contributed by atoms with Crippen molar-refractivity contribution in [3.05, 3.63) is 35.0 Å². The van der Waals surface area contributed by atoms with E-state index in [1.807, 2.05) is 29.3 Å². The summed E-state index contributed by atoms with van der Waals surface area (Å²) < 4.78 is 9.40. The van der Waals surface area contributed by atoms with Crippen molar-refractivity contribution in [2.24, 2.45) is 0 Å². The summed E-state index contributed by atoms with van der Waals surface area (Å²) in [6, 6.07) is 3.75. The van der Waals surface area contributed by atoms with Gasteiger partial charge in [0, 0.05) is 43.8 Å². The minimum absolute atomic E-state index is 0.0736. The maximum absolute atomic E-state index is 12.5. The first kappa shape index (κ1) is 14.8. The molecule has 7 heteroatoms. The summed E-state index contributed by atoms with van der Waals surface area (Å²) in [6.45, 7) is 4.78. The largest absolute Gasteiger partial charge is 0.497 e. The van der Waals surface area contributed by atoms with E-state index >= 15 is 0 Å². The molecule has 1 fully saturated rings. The van der Waals surface area contributed by atoms with Crippen molar-refractivity contribution in [2.45, 2.75) is 6.92 Å². The molecule has 6 nitrogen and oxygen atoms in total. The highest BCUT2D eigenvalue weighted by Gasteiger charge is 2.24. The number of rotatable bonds is 3. The monoisotopic (exact) mass is 318 g/mol. The predicted octanol–water partition coefficient (Wildman–Crippen LogP) is 1.82. The second-order valence-corrected chi connectivity index (χ2v) is 5.78. The van der Waals surface area contributed by atoms with Crippen LogP contribution in [0.1, 0.15) is 16.1 Å². The van der Waals surface area contributed by atoms with E-state index < -0.39 is 0 Å². The van der Waals surface area contributed by atoms with Gasteiger partial charge in [0.25, 0.3) is 5.91 Å². The Hall–Kier alpha value is -2.15. The smallest absolute Gasteiger partial charge is 0.256 e. The summed E-state index contributed by atoms with van der Waals surface area (Å²) in [5, 5.41) is 1.83. The van der Waals surface area contributed by atoms with Crippen LogP contribution < -0.4 is 9.64 Å². The molecule has 0 saturated carbocycles. The number of methoxy groups -OCH3 is 1. The van der Waals surface area contributed by atoms with Gasteiger partial charge in [-0.3, -0.25) is 4.79 Å². The van der Waals surface area contributed by atoms with E-state index in [0.29, 0.717) is 13.1 Å². The molecule has 0 bridgehead atoms. The van der Waals surface area contributed by atoms with Gasteiger partial charge in [-0.25, -0.2) is 4.98 Å². The number of aryl methyl sites for hydroxylation is 1. The molecule has 1 aliphatic heterocycles. The highest BCUT2D eigenvalue weighted by atomic mass is 32.1. The first-order valence-electron chi connectivity index (χ1n) is 7.14. The molecule has 3 rings (SSSR count). The number of piperazine rings is 1. The number of carbonyl (C=O) groups is 1. The first-order valence-corrected chi connectivity index (χ1v) is 7.98. The zero-order valence-electron chi connectivity index (χ0n) is 12.7. The molecule has 0 aliphatic carbocycles. The lowest BCUT2D eigenvalue weighted by molar-refractivity contribution is 0.0746. The van der Waals surface area contributed by atoms with Crippen LogP contribution in [0.4, 0.5) is 5.82 Å². The number of amides is 1. The fourth-order valence-corrected chi connectivity index (χ4v) is 3.19. The Balaban J connectivity index is 1.65. The quantitative estimate of drug-likeness (QED) is 0.864. The Morgan fingerprint density at radius 2 is 2.09 bits per heavy atom. The van der Waals surface area contributed by atoms with Crippen molar-refractivity contribution in [2.75, 3.05) is 38.2 Å². The molecule has 0 aromatic carbocycles. The van der Waals surface area contributed by atoms with Crippen molar-refractivity contribution < 1.29 is 9.53 Å². The minimum atomic E-state index is 0.0736. The lowest BCUT2D eigenvalue weighted by Gasteiger charge is -2.35. The van der Waals surface area contributed by atoms with Crippen LogP contribution in [0, 0.1) is 6.92 Å². The number of hydrogen-bond acceptors (Lipinski definition) is 6. The number of aromatic nitrogens is 2. The molecule has 116 valence electrons. The fourth-order valence-electron chi connectivity index (χ4n) is 2.51. The number of anilines is 1. The van der Waals surface area contributed by atoms with E-state index in [1.54, 1.807) is 13.3 Å². The van der Waals surface area contributed by atoms with E-state index in [9.17, 15) is 4.79 Å². The molecule has 0 spiro atoms. The minimum Gasteiger partial charge on any atom is -0.497 e. The SMILES string of the molecule is COc1ccnc(N2CCN(C(=O)c3csnc3C)CC2)c1. The number of hydrogen-bond donors (Lipinski definition) is 0. The van der Waals surface area contributed by atoms with Gasteiger partial charge in [-0.05, 0) is 24.5 Å². The van der Waals surface area contributed by atoms with Crippen LogP contribution in [-0.2, 0) is 0 Å². The van der Waals surface area contributed by atoms with Gasteiger partial charge < -0.3 is 14.5 Å². The number of ether oxygens (including phenoxy) is 1. The van der Waals surface area contributed by atoms with Gasteiger partial charge in [-0.15, -0.1) is 0 Å². The third-order valence-electron chi connectivity index (χ3n) is 3.82. The van der Waals surface area contributed by atoms with Crippen molar-refractivity contribution >= 4 is 23.3 Å². The van der Waals surface area contributed by atoms with Crippen molar-refractivity contribution in [3.63, 3.8) is 0 Å². The van der Waals surface area contributed by atoms with E-state index in [0.717, 1.165) is 35.9 Å². The normalized spacial score (nSPS) is 15.0. The maximum atomic E-state index is 12.5. The van der Waals surface area contributed by atoms with E-state index in [2.05, 4.69) is 14.3 Å². The Bertz CT molecular complexity index is 665. The van der Waals surface area contributed by atoms with Crippen LogP contribution in [0.15, 0.2) is 23.7 Å². The van der Waals surface area contributed by atoms with Gasteiger partial charge in [0.1, 0.15) is 11.6 Å². The maximum Gasteiger partial charge on any atom is 0.256 e. The summed E-state index contributed by atoms with van der Waals surface area (Å²) >= 11 is 1.33. The molecule has 1 amide bonds. The molecule has 1 aliphatic rings. The van der Waals surface area contributed by atoms with Gasteiger partial charge in [0.05, 0.1) is 18.4 Å². The van der Waals surface area contributed by atoms with Gasteiger partial charge in [0.2, 0.25) is 0 Å². The number of carbonyl (C=O) groups excluding carboxylic acids is 1. The highest BCUT2D eigenvalue weighted by Crippen LogP contribution is 2.20.